The van der Waals surface area contributed by atoms with Crippen LogP contribution < -0.4 is 0 Å². The highest BCUT2D eigenvalue weighted by molar-refractivity contribution is 7.90. The minimum Gasteiger partial charge on any atom is -0.238 e. The summed E-state index contributed by atoms with van der Waals surface area (Å²) in [5.41, 5.74) is 1.58. The Hall–Kier alpha value is -2.07. The predicted octanol–water partition coefficient (Wildman–Crippen LogP) is 3.83. The Kier molecular flexibility index (Phi) is 3.55. The molecule has 0 fully saturated rings. The zero-order valence-corrected chi connectivity index (χ0v) is 12.7. The van der Waals surface area contributed by atoms with Gasteiger partial charge in [0.1, 0.15) is 0 Å². The molecule has 0 spiro atoms. The first-order valence-corrected chi connectivity index (χ1v) is 8.48. The average Bonchev–Trinajstić information content (AvgIpc) is 2.87. The third kappa shape index (κ3) is 2.36. The first kappa shape index (κ1) is 13.9. The van der Waals surface area contributed by atoms with Crippen LogP contribution >= 0.6 is 0 Å². The summed E-state index contributed by atoms with van der Waals surface area (Å²) in [6.45, 7) is 2.05. The third-order valence-electron chi connectivity index (χ3n) is 3.53. The number of benzene rings is 2. The lowest BCUT2D eigenvalue weighted by Gasteiger charge is -2.11. The van der Waals surface area contributed by atoms with Crippen molar-refractivity contribution in [1.29, 1.82) is 0 Å². The highest BCUT2D eigenvalue weighted by Crippen LogP contribution is 2.26. The van der Waals surface area contributed by atoms with Crippen molar-refractivity contribution in [2.24, 2.45) is 0 Å². The van der Waals surface area contributed by atoms with Crippen LogP contribution in [0.4, 0.5) is 0 Å². The van der Waals surface area contributed by atoms with Crippen molar-refractivity contribution in [3.05, 3.63) is 66.4 Å². The van der Waals surface area contributed by atoms with Gasteiger partial charge in [-0.25, -0.2) is 12.4 Å². The van der Waals surface area contributed by atoms with Gasteiger partial charge in [-0.1, -0.05) is 49.7 Å². The number of aromatic nitrogens is 1. The van der Waals surface area contributed by atoms with Gasteiger partial charge < -0.3 is 0 Å². The van der Waals surface area contributed by atoms with E-state index in [1.807, 2.05) is 36.4 Å². The molecular weight excluding hydrogens is 282 g/mol. The zero-order valence-electron chi connectivity index (χ0n) is 11.9. The molecule has 1 aromatic heterocycles. The van der Waals surface area contributed by atoms with Gasteiger partial charge in [0.05, 0.1) is 10.4 Å². The molecule has 4 heteroatoms. The van der Waals surface area contributed by atoms with Gasteiger partial charge in [-0.3, -0.25) is 0 Å². The second kappa shape index (κ2) is 5.37. The van der Waals surface area contributed by atoms with E-state index in [-0.39, 0.29) is 0 Å². The number of para-hydroxylation sites is 1. The van der Waals surface area contributed by atoms with E-state index < -0.39 is 10.0 Å². The molecule has 0 amide bonds. The number of fused-ring (bicyclic) bond motifs is 1. The molecule has 108 valence electrons. The molecule has 2 aromatic carbocycles. The Morgan fingerprint density at radius 1 is 0.952 bits per heavy atom. The van der Waals surface area contributed by atoms with Gasteiger partial charge in [-0.15, -0.1) is 0 Å². The molecule has 0 aliphatic heterocycles. The van der Waals surface area contributed by atoms with E-state index in [4.69, 9.17) is 0 Å². The topological polar surface area (TPSA) is 39.1 Å². The van der Waals surface area contributed by atoms with Crippen molar-refractivity contribution in [3.8, 4) is 0 Å². The Labute approximate surface area is 124 Å². The molecule has 1 heterocycles. The molecule has 0 atom stereocenters. The molecule has 0 saturated carbocycles. The van der Waals surface area contributed by atoms with Crippen LogP contribution in [0.25, 0.3) is 10.9 Å². The van der Waals surface area contributed by atoms with Crippen LogP contribution in [0.3, 0.4) is 0 Å². The summed E-state index contributed by atoms with van der Waals surface area (Å²) in [6, 6.07) is 18.2. The van der Waals surface area contributed by atoms with Crippen LogP contribution in [0.1, 0.15) is 19.0 Å². The monoisotopic (exact) mass is 299 g/mol. The maximum absolute atomic E-state index is 13.0. The fourth-order valence-corrected chi connectivity index (χ4v) is 4.19. The van der Waals surface area contributed by atoms with Crippen molar-refractivity contribution in [2.45, 2.75) is 24.7 Å². The van der Waals surface area contributed by atoms with Crippen molar-refractivity contribution in [2.75, 3.05) is 0 Å². The molecule has 3 rings (SSSR count). The summed E-state index contributed by atoms with van der Waals surface area (Å²) in [6.07, 6.45) is 1.64. The summed E-state index contributed by atoms with van der Waals surface area (Å²) in [5.74, 6) is 0. The van der Waals surface area contributed by atoms with Crippen molar-refractivity contribution in [1.82, 2.24) is 3.97 Å². The molecule has 0 bridgehead atoms. The van der Waals surface area contributed by atoms with Gasteiger partial charge in [0.2, 0.25) is 0 Å². The van der Waals surface area contributed by atoms with Crippen molar-refractivity contribution < 1.29 is 8.42 Å². The summed E-state index contributed by atoms with van der Waals surface area (Å²) in [4.78, 5) is 0.323. The molecule has 21 heavy (non-hydrogen) atoms. The fourth-order valence-electron chi connectivity index (χ4n) is 2.60. The molecule has 0 aliphatic carbocycles. The van der Waals surface area contributed by atoms with Crippen LogP contribution in [-0.2, 0) is 16.4 Å². The minimum absolute atomic E-state index is 0.323. The standard InChI is InChI=1S/C17H17NO2S/c1-2-8-15-13-14-9-6-7-12-17(14)18(15)21(19,20)16-10-4-3-5-11-16/h3-7,9-13H,2,8H2,1H3. The van der Waals surface area contributed by atoms with Crippen molar-refractivity contribution in [3.63, 3.8) is 0 Å². The number of rotatable bonds is 4. The van der Waals surface area contributed by atoms with Crippen LogP contribution in [0.5, 0.6) is 0 Å². The highest BCUT2D eigenvalue weighted by Gasteiger charge is 2.22. The lowest BCUT2D eigenvalue weighted by atomic mass is 10.2. The summed E-state index contributed by atoms with van der Waals surface area (Å²) in [5, 5.41) is 0.959. The zero-order chi connectivity index (χ0) is 14.9. The number of aryl methyl sites for hydroxylation is 1. The summed E-state index contributed by atoms with van der Waals surface area (Å²) >= 11 is 0. The Bertz CT molecular complexity index is 864. The van der Waals surface area contributed by atoms with E-state index in [1.165, 1.54) is 3.97 Å². The van der Waals surface area contributed by atoms with Crippen molar-refractivity contribution >= 4 is 20.9 Å². The molecule has 3 nitrogen and oxygen atoms in total. The number of hydrogen-bond acceptors (Lipinski definition) is 2. The second-order valence-electron chi connectivity index (χ2n) is 5.03. The number of nitrogens with zero attached hydrogens (tertiary/aromatic N) is 1. The third-order valence-corrected chi connectivity index (χ3v) is 5.31. The maximum Gasteiger partial charge on any atom is 0.268 e. The van der Waals surface area contributed by atoms with Gasteiger partial charge in [-0.05, 0) is 30.7 Å². The highest BCUT2D eigenvalue weighted by atomic mass is 32.2. The van der Waals surface area contributed by atoms with E-state index in [0.717, 1.165) is 29.4 Å². The van der Waals surface area contributed by atoms with E-state index in [9.17, 15) is 8.42 Å². The van der Waals surface area contributed by atoms with E-state index in [1.54, 1.807) is 24.3 Å². The average molecular weight is 299 g/mol. The van der Waals surface area contributed by atoms with E-state index >= 15 is 0 Å². The first-order valence-electron chi connectivity index (χ1n) is 7.04. The predicted molar refractivity (Wildman–Crippen MR) is 85.0 cm³/mol. The van der Waals surface area contributed by atoms with Gasteiger partial charge in [0, 0.05) is 11.1 Å². The second-order valence-corrected chi connectivity index (χ2v) is 6.81. The Balaban J connectivity index is 2.30. The molecular formula is C17H17NO2S. The number of hydrogen-bond donors (Lipinski definition) is 0. The van der Waals surface area contributed by atoms with Crippen LogP contribution in [0.15, 0.2) is 65.6 Å². The summed E-state index contributed by atoms with van der Waals surface area (Å²) < 4.78 is 27.4. The van der Waals surface area contributed by atoms with Gasteiger partial charge in [0.25, 0.3) is 10.0 Å². The molecule has 0 saturated heterocycles. The van der Waals surface area contributed by atoms with Gasteiger partial charge in [0.15, 0.2) is 0 Å². The van der Waals surface area contributed by atoms with Gasteiger partial charge in [-0.2, -0.15) is 0 Å². The molecule has 0 radical (unpaired) electrons. The largest absolute Gasteiger partial charge is 0.268 e. The normalized spacial score (nSPS) is 11.9. The smallest absolute Gasteiger partial charge is 0.238 e. The first-order chi connectivity index (χ1) is 10.1. The minimum atomic E-state index is -3.56. The molecule has 0 unspecified atom stereocenters. The van der Waals surface area contributed by atoms with Crippen LogP contribution in [0, 0.1) is 0 Å². The summed E-state index contributed by atoms with van der Waals surface area (Å²) in [7, 11) is -3.56. The van der Waals surface area contributed by atoms with Gasteiger partial charge >= 0.3 is 0 Å². The van der Waals surface area contributed by atoms with Crippen LogP contribution in [-0.4, -0.2) is 12.4 Å². The lowest BCUT2D eigenvalue weighted by Crippen LogP contribution is -2.15. The fraction of sp³-hybridized carbons (Fsp3) is 0.176. The maximum atomic E-state index is 13.0. The SMILES string of the molecule is CCCc1cc2ccccc2n1S(=O)(=O)c1ccccc1. The molecule has 0 N–H and O–H groups in total. The van der Waals surface area contributed by atoms with E-state index in [2.05, 4.69) is 6.92 Å². The Morgan fingerprint density at radius 2 is 1.62 bits per heavy atom. The molecule has 3 aromatic rings. The quantitative estimate of drug-likeness (QED) is 0.734. The molecule has 0 aliphatic rings. The Morgan fingerprint density at radius 3 is 2.33 bits per heavy atom. The van der Waals surface area contributed by atoms with Crippen LogP contribution in [0.2, 0.25) is 0 Å². The lowest BCUT2D eigenvalue weighted by molar-refractivity contribution is 0.586. The van der Waals surface area contributed by atoms with E-state index in [0.29, 0.717) is 4.90 Å².